The number of benzene rings is 2. The van der Waals surface area contributed by atoms with E-state index in [1.165, 1.54) is 0 Å². The Balaban J connectivity index is 1.62. The molecule has 6 nitrogen and oxygen atoms in total. The van der Waals surface area contributed by atoms with E-state index in [1.807, 2.05) is 0 Å². The van der Waals surface area contributed by atoms with Crippen molar-refractivity contribution in [2.45, 2.75) is 0 Å². The van der Waals surface area contributed by atoms with Gasteiger partial charge in [0.05, 0.1) is 33.0 Å². The minimum Gasteiger partial charge on any atom is -0.452 e. The molecule has 0 fully saturated rings. The van der Waals surface area contributed by atoms with E-state index >= 15 is 0 Å². The highest BCUT2D eigenvalue weighted by Gasteiger charge is 2.13. The number of fused-ring (bicyclic) bond motifs is 1. The minimum atomic E-state index is -0.619. The van der Waals surface area contributed by atoms with Crippen molar-refractivity contribution in [1.29, 1.82) is 0 Å². The number of nitrogens with zero attached hydrogens (tertiary/aromatic N) is 1. The number of anilines is 1. The second kappa shape index (κ2) is 6.90. The lowest BCUT2D eigenvalue weighted by Crippen LogP contribution is -2.21. The summed E-state index contributed by atoms with van der Waals surface area (Å²) in [5.74, 6) is -1.16. The van der Waals surface area contributed by atoms with Crippen LogP contribution in [0.15, 0.2) is 42.6 Å². The minimum absolute atomic E-state index is 0.278. The van der Waals surface area contributed by atoms with Gasteiger partial charge in [-0.15, -0.1) is 0 Å². The number of halogens is 2. The summed E-state index contributed by atoms with van der Waals surface area (Å²) in [5.41, 5.74) is 1.30. The predicted octanol–water partition coefficient (Wildman–Crippen LogP) is 3.67. The number of aromatic nitrogens is 2. The number of carbonyl (C=O) groups is 2. The fourth-order valence-corrected chi connectivity index (χ4v) is 2.56. The number of hydrogen-bond acceptors (Lipinski definition) is 4. The molecule has 1 amide bonds. The van der Waals surface area contributed by atoms with Crippen molar-refractivity contribution in [3.63, 3.8) is 0 Å². The zero-order chi connectivity index (χ0) is 17.1. The third-order valence-electron chi connectivity index (χ3n) is 3.24. The van der Waals surface area contributed by atoms with Crippen LogP contribution in [0.4, 0.5) is 5.69 Å². The molecule has 0 saturated carbocycles. The number of hydrogen-bond donors (Lipinski definition) is 2. The van der Waals surface area contributed by atoms with Crippen molar-refractivity contribution in [2.24, 2.45) is 0 Å². The number of amides is 1. The SMILES string of the molecule is O=C(COC(=O)c1ccc2cn[nH]c2c1)Nc1c(Cl)cccc1Cl. The molecule has 0 unspecified atom stereocenters. The molecule has 2 N–H and O–H groups in total. The van der Waals surface area contributed by atoms with E-state index in [-0.39, 0.29) is 5.69 Å². The summed E-state index contributed by atoms with van der Waals surface area (Å²) in [7, 11) is 0. The maximum absolute atomic E-state index is 12.0. The van der Waals surface area contributed by atoms with Crippen LogP contribution in [0.25, 0.3) is 10.9 Å². The highest BCUT2D eigenvalue weighted by molar-refractivity contribution is 6.39. The van der Waals surface area contributed by atoms with Crippen LogP contribution in [0.1, 0.15) is 10.4 Å². The molecule has 0 aliphatic rings. The maximum Gasteiger partial charge on any atom is 0.338 e. The number of esters is 1. The molecule has 0 radical (unpaired) electrons. The second-order valence-electron chi connectivity index (χ2n) is 4.89. The van der Waals surface area contributed by atoms with E-state index in [2.05, 4.69) is 15.5 Å². The van der Waals surface area contributed by atoms with Gasteiger partial charge >= 0.3 is 5.97 Å². The molecule has 3 rings (SSSR count). The molecular formula is C16H11Cl2N3O3. The van der Waals surface area contributed by atoms with E-state index in [0.29, 0.717) is 21.1 Å². The van der Waals surface area contributed by atoms with Gasteiger partial charge in [-0.3, -0.25) is 9.89 Å². The van der Waals surface area contributed by atoms with Gasteiger partial charge in [0.2, 0.25) is 0 Å². The number of aromatic amines is 1. The Hall–Kier alpha value is -2.57. The number of ether oxygens (including phenoxy) is 1. The van der Waals surface area contributed by atoms with Crippen molar-refractivity contribution in [3.05, 3.63) is 58.2 Å². The van der Waals surface area contributed by atoms with E-state index < -0.39 is 18.5 Å². The first kappa shape index (κ1) is 16.3. The summed E-state index contributed by atoms with van der Waals surface area (Å²) in [5, 5.41) is 10.6. The summed E-state index contributed by atoms with van der Waals surface area (Å²) in [4.78, 5) is 23.9. The van der Waals surface area contributed by atoms with E-state index in [0.717, 1.165) is 5.39 Å². The van der Waals surface area contributed by atoms with Gasteiger partial charge in [-0.25, -0.2) is 4.79 Å². The Bertz CT molecular complexity index is 904. The number of H-pyrrole nitrogens is 1. The molecule has 122 valence electrons. The summed E-state index contributed by atoms with van der Waals surface area (Å²) in [6, 6.07) is 9.78. The first-order valence-corrected chi connectivity index (χ1v) is 7.64. The Labute approximate surface area is 146 Å². The van der Waals surface area contributed by atoms with Crippen LogP contribution in [0.3, 0.4) is 0 Å². The van der Waals surface area contributed by atoms with Gasteiger partial charge in [-0.05, 0) is 24.3 Å². The molecule has 0 atom stereocenters. The third-order valence-corrected chi connectivity index (χ3v) is 3.87. The average Bonchev–Trinajstić information content (AvgIpc) is 3.03. The Morgan fingerprint density at radius 1 is 1.17 bits per heavy atom. The van der Waals surface area contributed by atoms with Crippen LogP contribution in [0.5, 0.6) is 0 Å². The molecule has 24 heavy (non-hydrogen) atoms. The monoisotopic (exact) mass is 363 g/mol. The molecule has 0 spiro atoms. The molecule has 0 aliphatic heterocycles. The van der Waals surface area contributed by atoms with Gasteiger partial charge in [0.1, 0.15) is 0 Å². The van der Waals surface area contributed by atoms with Gasteiger partial charge in [-0.1, -0.05) is 35.3 Å². The van der Waals surface area contributed by atoms with Crippen molar-refractivity contribution >= 4 is 51.7 Å². The second-order valence-corrected chi connectivity index (χ2v) is 5.71. The van der Waals surface area contributed by atoms with E-state index in [1.54, 1.807) is 42.6 Å². The highest BCUT2D eigenvalue weighted by Crippen LogP contribution is 2.29. The molecule has 1 heterocycles. The standard InChI is InChI=1S/C16H11Cl2N3O3/c17-11-2-1-3-12(18)15(11)20-14(22)8-24-16(23)9-4-5-10-7-19-21-13(10)6-9/h1-7H,8H2,(H,19,21)(H,20,22). The number of carbonyl (C=O) groups excluding carboxylic acids is 2. The van der Waals surface area contributed by atoms with Crippen molar-refractivity contribution in [2.75, 3.05) is 11.9 Å². The number of nitrogens with one attached hydrogen (secondary N) is 2. The van der Waals surface area contributed by atoms with Gasteiger partial charge in [0, 0.05) is 5.39 Å². The van der Waals surface area contributed by atoms with Crippen molar-refractivity contribution in [3.8, 4) is 0 Å². The Morgan fingerprint density at radius 3 is 2.67 bits per heavy atom. The molecule has 8 heteroatoms. The zero-order valence-corrected chi connectivity index (χ0v) is 13.7. The van der Waals surface area contributed by atoms with Crippen molar-refractivity contribution in [1.82, 2.24) is 10.2 Å². The van der Waals surface area contributed by atoms with Crippen LogP contribution in [-0.4, -0.2) is 28.7 Å². The van der Waals surface area contributed by atoms with Crippen LogP contribution < -0.4 is 5.32 Å². The van der Waals surface area contributed by atoms with Gasteiger partial charge in [0.25, 0.3) is 5.91 Å². The summed E-state index contributed by atoms with van der Waals surface area (Å²) in [6.45, 7) is -0.457. The fourth-order valence-electron chi connectivity index (χ4n) is 2.07. The van der Waals surface area contributed by atoms with E-state index in [9.17, 15) is 9.59 Å². The molecule has 0 aliphatic carbocycles. The summed E-state index contributed by atoms with van der Waals surface area (Å²) < 4.78 is 5.00. The smallest absolute Gasteiger partial charge is 0.338 e. The predicted molar refractivity (Wildman–Crippen MR) is 91.5 cm³/mol. The lowest BCUT2D eigenvalue weighted by molar-refractivity contribution is -0.119. The molecule has 1 aromatic heterocycles. The number of para-hydroxylation sites is 1. The third kappa shape index (κ3) is 3.50. The van der Waals surface area contributed by atoms with Gasteiger partial charge in [-0.2, -0.15) is 5.10 Å². The average molecular weight is 364 g/mol. The zero-order valence-electron chi connectivity index (χ0n) is 12.2. The topological polar surface area (TPSA) is 84.1 Å². The van der Waals surface area contributed by atoms with Crippen LogP contribution >= 0.6 is 23.2 Å². The first-order chi connectivity index (χ1) is 11.5. The summed E-state index contributed by atoms with van der Waals surface area (Å²) in [6.07, 6.45) is 1.64. The largest absolute Gasteiger partial charge is 0.452 e. The maximum atomic E-state index is 12.0. The van der Waals surface area contributed by atoms with Crippen LogP contribution in [0, 0.1) is 0 Å². The molecular weight excluding hydrogens is 353 g/mol. The quantitative estimate of drug-likeness (QED) is 0.692. The Kier molecular flexibility index (Phi) is 4.69. The fraction of sp³-hybridized carbons (Fsp3) is 0.0625. The van der Waals surface area contributed by atoms with Crippen LogP contribution in [-0.2, 0) is 9.53 Å². The molecule has 0 saturated heterocycles. The Morgan fingerprint density at radius 2 is 1.92 bits per heavy atom. The summed E-state index contributed by atoms with van der Waals surface area (Å²) >= 11 is 11.9. The first-order valence-electron chi connectivity index (χ1n) is 6.89. The van der Waals surface area contributed by atoms with Crippen LogP contribution in [0.2, 0.25) is 10.0 Å². The van der Waals surface area contributed by atoms with Gasteiger partial charge < -0.3 is 10.1 Å². The van der Waals surface area contributed by atoms with E-state index in [4.69, 9.17) is 27.9 Å². The lowest BCUT2D eigenvalue weighted by Gasteiger charge is -2.09. The lowest BCUT2D eigenvalue weighted by atomic mass is 10.2. The van der Waals surface area contributed by atoms with Gasteiger partial charge in [0.15, 0.2) is 6.61 Å². The normalized spacial score (nSPS) is 10.6. The molecule has 0 bridgehead atoms. The van der Waals surface area contributed by atoms with Crippen molar-refractivity contribution < 1.29 is 14.3 Å². The molecule has 3 aromatic rings. The highest BCUT2D eigenvalue weighted by atomic mass is 35.5. The molecule has 2 aromatic carbocycles. The number of rotatable bonds is 4.